The first-order valence-corrected chi connectivity index (χ1v) is 5.65. The molecule has 0 fully saturated rings. The maximum atomic E-state index is 12.2. The molecule has 20 heavy (non-hydrogen) atoms. The van der Waals surface area contributed by atoms with Gasteiger partial charge in [0.25, 0.3) is 0 Å². The number of methoxy groups -OCH3 is 1. The number of rotatable bonds is 6. The first kappa shape index (κ1) is 15.7. The van der Waals surface area contributed by atoms with Crippen molar-refractivity contribution < 1.29 is 27.8 Å². The van der Waals surface area contributed by atoms with E-state index in [-0.39, 0.29) is 18.1 Å². The van der Waals surface area contributed by atoms with Gasteiger partial charge in [0, 0.05) is 0 Å². The predicted octanol–water partition coefficient (Wildman–Crippen LogP) is 2.38. The van der Waals surface area contributed by atoms with Gasteiger partial charge in [-0.2, -0.15) is 13.9 Å². The molecule has 6 nitrogen and oxygen atoms in total. The smallest absolute Gasteiger partial charge is 0.427 e. The van der Waals surface area contributed by atoms with Crippen LogP contribution in [0.5, 0.6) is 11.5 Å². The molecular weight excluding hydrogens is 274 g/mol. The summed E-state index contributed by atoms with van der Waals surface area (Å²) in [4.78, 5) is 11.0. The third-order valence-corrected chi connectivity index (χ3v) is 2.05. The maximum absolute atomic E-state index is 12.2. The van der Waals surface area contributed by atoms with Gasteiger partial charge in [0.2, 0.25) is 0 Å². The molecule has 1 aromatic rings. The zero-order valence-corrected chi connectivity index (χ0v) is 10.9. The van der Waals surface area contributed by atoms with E-state index in [1.54, 1.807) is 13.0 Å². The zero-order valence-electron chi connectivity index (χ0n) is 10.9. The lowest BCUT2D eigenvalue weighted by molar-refractivity contribution is -0.0512. The van der Waals surface area contributed by atoms with Crippen molar-refractivity contribution in [2.45, 2.75) is 13.5 Å². The van der Waals surface area contributed by atoms with Crippen molar-refractivity contribution in [2.75, 3.05) is 13.7 Å². The number of hydrogen-bond donors (Lipinski definition) is 1. The number of carbonyl (C=O) groups is 1. The van der Waals surface area contributed by atoms with Crippen molar-refractivity contribution in [1.82, 2.24) is 5.43 Å². The molecule has 1 N–H and O–H groups in total. The second-order valence-corrected chi connectivity index (χ2v) is 3.38. The highest BCUT2D eigenvalue weighted by Crippen LogP contribution is 2.28. The molecule has 0 saturated carbocycles. The lowest BCUT2D eigenvalue weighted by Crippen LogP contribution is -2.18. The summed E-state index contributed by atoms with van der Waals surface area (Å²) in [5.41, 5.74) is 2.55. The van der Waals surface area contributed by atoms with Crippen molar-refractivity contribution in [3.8, 4) is 11.5 Å². The molecule has 8 heteroatoms. The summed E-state index contributed by atoms with van der Waals surface area (Å²) in [6.45, 7) is -1.09. The first-order valence-electron chi connectivity index (χ1n) is 5.65. The van der Waals surface area contributed by atoms with E-state index in [2.05, 4.69) is 20.0 Å². The van der Waals surface area contributed by atoms with Crippen molar-refractivity contribution in [2.24, 2.45) is 5.10 Å². The highest BCUT2D eigenvalue weighted by atomic mass is 19.3. The fourth-order valence-corrected chi connectivity index (χ4v) is 1.28. The fourth-order valence-electron chi connectivity index (χ4n) is 1.28. The summed E-state index contributed by atoms with van der Waals surface area (Å²) in [6.07, 6.45) is 0.552. The van der Waals surface area contributed by atoms with Crippen LogP contribution in [0.25, 0.3) is 0 Å². The molecule has 0 aliphatic carbocycles. The number of halogens is 2. The van der Waals surface area contributed by atoms with Crippen LogP contribution >= 0.6 is 0 Å². The molecule has 0 aliphatic rings. The fraction of sp³-hybridized carbons (Fsp3) is 0.333. The van der Waals surface area contributed by atoms with Crippen LogP contribution in [0.2, 0.25) is 0 Å². The molecule has 1 aromatic carbocycles. The third-order valence-electron chi connectivity index (χ3n) is 2.05. The molecule has 0 atom stereocenters. The summed E-state index contributed by atoms with van der Waals surface area (Å²) < 4.78 is 38.2. The van der Waals surface area contributed by atoms with E-state index in [0.717, 1.165) is 0 Å². The van der Waals surface area contributed by atoms with Gasteiger partial charge in [0.15, 0.2) is 11.5 Å². The zero-order chi connectivity index (χ0) is 15.0. The van der Waals surface area contributed by atoms with Crippen LogP contribution in [-0.4, -0.2) is 32.6 Å². The maximum Gasteiger partial charge on any atom is 0.427 e. The topological polar surface area (TPSA) is 69.2 Å². The van der Waals surface area contributed by atoms with Gasteiger partial charge in [-0.3, -0.25) is 0 Å². The van der Waals surface area contributed by atoms with Crippen LogP contribution < -0.4 is 14.9 Å². The van der Waals surface area contributed by atoms with Crippen LogP contribution in [0, 0.1) is 0 Å². The molecule has 0 aliphatic heterocycles. The van der Waals surface area contributed by atoms with Gasteiger partial charge in [-0.25, -0.2) is 10.2 Å². The molecule has 0 unspecified atom stereocenters. The van der Waals surface area contributed by atoms with Crippen LogP contribution in [0.4, 0.5) is 13.6 Å². The lowest BCUT2D eigenvalue weighted by Gasteiger charge is -2.10. The van der Waals surface area contributed by atoms with Crippen LogP contribution in [-0.2, 0) is 4.74 Å². The standard InChI is InChI=1S/C12H14F2N2O4/c1-3-19-12(17)16-15-7-8-4-5-9(18-2)10(6-8)20-11(13)14/h4-7,11H,3H2,1-2H3,(H,16,17)/b15-7-. The number of alkyl halides is 2. The average molecular weight is 288 g/mol. The van der Waals surface area contributed by atoms with E-state index in [4.69, 9.17) is 4.74 Å². The van der Waals surface area contributed by atoms with Gasteiger partial charge in [-0.1, -0.05) is 0 Å². The molecular formula is C12H14F2N2O4. The Kier molecular flexibility index (Phi) is 6.21. The van der Waals surface area contributed by atoms with Crippen molar-refractivity contribution in [3.05, 3.63) is 23.8 Å². The van der Waals surface area contributed by atoms with Crippen molar-refractivity contribution in [3.63, 3.8) is 0 Å². The molecule has 1 rings (SSSR count). The Bertz CT molecular complexity index is 481. The summed E-state index contributed by atoms with van der Waals surface area (Å²) in [5.74, 6) is 0.0448. The molecule has 0 bridgehead atoms. The number of nitrogens with one attached hydrogen (secondary N) is 1. The van der Waals surface area contributed by atoms with Gasteiger partial charge in [-0.15, -0.1) is 0 Å². The molecule has 0 aromatic heterocycles. The van der Waals surface area contributed by atoms with Crippen LogP contribution in [0.3, 0.4) is 0 Å². The molecule has 1 amide bonds. The Morgan fingerprint density at radius 1 is 1.45 bits per heavy atom. The summed E-state index contributed by atoms with van der Waals surface area (Å²) in [7, 11) is 1.34. The van der Waals surface area contributed by atoms with Crippen LogP contribution in [0.15, 0.2) is 23.3 Å². The van der Waals surface area contributed by atoms with E-state index in [1.807, 2.05) is 0 Å². The van der Waals surface area contributed by atoms with Gasteiger partial charge >= 0.3 is 12.7 Å². The minimum Gasteiger partial charge on any atom is -0.493 e. The Morgan fingerprint density at radius 3 is 2.80 bits per heavy atom. The average Bonchev–Trinajstić information content (AvgIpc) is 2.38. The second kappa shape index (κ2) is 7.93. The monoisotopic (exact) mass is 288 g/mol. The first-order chi connectivity index (χ1) is 9.56. The number of benzene rings is 1. The second-order valence-electron chi connectivity index (χ2n) is 3.38. The number of amides is 1. The van der Waals surface area contributed by atoms with Crippen LogP contribution in [0.1, 0.15) is 12.5 Å². The minimum atomic E-state index is -2.96. The van der Waals surface area contributed by atoms with E-state index in [1.165, 1.54) is 25.5 Å². The highest BCUT2D eigenvalue weighted by molar-refractivity contribution is 5.82. The van der Waals surface area contributed by atoms with Crippen molar-refractivity contribution >= 4 is 12.3 Å². The Labute approximate surface area is 114 Å². The summed E-state index contributed by atoms with van der Waals surface area (Å²) >= 11 is 0. The summed E-state index contributed by atoms with van der Waals surface area (Å²) in [5, 5.41) is 3.60. The Hall–Kier alpha value is -2.38. The molecule has 0 radical (unpaired) electrons. The predicted molar refractivity (Wildman–Crippen MR) is 67.4 cm³/mol. The number of hydrogen-bond acceptors (Lipinski definition) is 5. The number of hydrazone groups is 1. The van der Waals surface area contributed by atoms with E-state index < -0.39 is 12.7 Å². The SMILES string of the molecule is CCOC(=O)N/N=C\c1ccc(OC)c(OC(F)F)c1. The highest BCUT2D eigenvalue weighted by Gasteiger charge is 2.10. The molecule has 0 saturated heterocycles. The number of carbonyl (C=O) groups excluding carboxylic acids is 1. The minimum absolute atomic E-state index is 0.123. The lowest BCUT2D eigenvalue weighted by atomic mass is 10.2. The largest absolute Gasteiger partial charge is 0.493 e. The number of nitrogens with zero attached hydrogens (tertiary/aromatic N) is 1. The quantitative estimate of drug-likeness (QED) is 0.644. The Morgan fingerprint density at radius 2 is 2.20 bits per heavy atom. The molecule has 0 spiro atoms. The van der Waals surface area contributed by atoms with Gasteiger partial charge in [0.1, 0.15) is 0 Å². The van der Waals surface area contributed by atoms with Gasteiger partial charge in [-0.05, 0) is 30.7 Å². The van der Waals surface area contributed by atoms with Gasteiger partial charge in [0.05, 0.1) is 19.9 Å². The normalized spacial score (nSPS) is 10.7. The van der Waals surface area contributed by atoms with Gasteiger partial charge < -0.3 is 14.2 Å². The van der Waals surface area contributed by atoms with E-state index in [0.29, 0.717) is 5.56 Å². The molecule has 0 heterocycles. The number of ether oxygens (including phenoxy) is 3. The van der Waals surface area contributed by atoms with E-state index in [9.17, 15) is 13.6 Å². The van der Waals surface area contributed by atoms with Crippen molar-refractivity contribution in [1.29, 1.82) is 0 Å². The van der Waals surface area contributed by atoms with E-state index >= 15 is 0 Å². The third kappa shape index (κ3) is 5.09. The summed E-state index contributed by atoms with van der Waals surface area (Å²) in [6, 6.07) is 4.32. The molecule has 110 valence electrons. The Balaban J connectivity index is 2.75.